The van der Waals surface area contributed by atoms with Crippen molar-refractivity contribution in [2.24, 2.45) is 0 Å². The molecule has 0 aliphatic carbocycles. The fraction of sp³-hybridized carbons (Fsp3) is 0.632. The number of anilines is 2. The van der Waals surface area contributed by atoms with Crippen molar-refractivity contribution in [3.8, 4) is 5.88 Å². The van der Waals surface area contributed by atoms with E-state index in [0.29, 0.717) is 111 Å². The van der Waals surface area contributed by atoms with E-state index >= 15 is 0 Å². The van der Waals surface area contributed by atoms with E-state index in [1.165, 1.54) is 19.3 Å². The number of nitrogens with one attached hydrogen (secondary N) is 1. The van der Waals surface area contributed by atoms with E-state index in [-0.39, 0.29) is 0 Å². The van der Waals surface area contributed by atoms with Crippen molar-refractivity contribution in [1.82, 2.24) is 24.5 Å². The van der Waals surface area contributed by atoms with Crippen LogP contribution in [0.1, 0.15) is 37.3 Å². The summed E-state index contributed by atoms with van der Waals surface area (Å²) in [5, 5.41) is 16.7. The molecular formula is C38H59N7O9. The smallest absolute Gasteiger partial charge is 0.328 e. The molecule has 3 aromatic heterocycles. The zero-order valence-corrected chi connectivity index (χ0v) is 32.0. The summed E-state index contributed by atoms with van der Waals surface area (Å²) in [6, 6.07) is 5.98. The lowest BCUT2D eigenvalue weighted by Crippen LogP contribution is -2.30. The summed E-state index contributed by atoms with van der Waals surface area (Å²) in [5.41, 5.74) is 3.09. The van der Waals surface area contributed by atoms with Crippen LogP contribution in [0.15, 0.2) is 42.7 Å². The largest absolute Gasteiger partial charge is 0.478 e. The molecule has 0 unspecified atom stereocenters. The van der Waals surface area contributed by atoms with Gasteiger partial charge in [0, 0.05) is 62.7 Å². The maximum atomic E-state index is 10.5. The van der Waals surface area contributed by atoms with Gasteiger partial charge in [-0.25, -0.2) is 14.8 Å². The van der Waals surface area contributed by atoms with Crippen LogP contribution in [0.5, 0.6) is 5.88 Å². The molecular weight excluding hydrogens is 698 g/mol. The van der Waals surface area contributed by atoms with Crippen LogP contribution < -0.4 is 15.0 Å². The highest BCUT2D eigenvalue weighted by molar-refractivity contribution is 5.79. The van der Waals surface area contributed by atoms with Crippen LogP contribution >= 0.6 is 0 Å². The predicted molar refractivity (Wildman–Crippen MR) is 205 cm³/mol. The summed E-state index contributed by atoms with van der Waals surface area (Å²) >= 11 is 0. The monoisotopic (exact) mass is 757 g/mol. The summed E-state index contributed by atoms with van der Waals surface area (Å²) in [6.07, 6.45) is 11.0. The van der Waals surface area contributed by atoms with Crippen molar-refractivity contribution in [2.75, 3.05) is 129 Å². The van der Waals surface area contributed by atoms with Crippen LogP contribution in [0.3, 0.4) is 0 Å². The molecule has 54 heavy (non-hydrogen) atoms. The van der Waals surface area contributed by atoms with E-state index in [2.05, 4.69) is 33.3 Å². The first-order valence-corrected chi connectivity index (χ1v) is 19.0. The van der Waals surface area contributed by atoms with Gasteiger partial charge >= 0.3 is 5.97 Å². The Morgan fingerprint density at radius 2 is 1.46 bits per heavy atom. The molecule has 0 atom stereocenters. The van der Waals surface area contributed by atoms with Crippen LogP contribution in [-0.2, 0) is 46.2 Å². The van der Waals surface area contributed by atoms with Gasteiger partial charge in [-0.15, -0.1) is 0 Å². The number of aliphatic carboxylic acids is 1. The summed E-state index contributed by atoms with van der Waals surface area (Å²) in [6.45, 7) is 12.3. The standard InChI is InChI=1S/C38H59N7O9/c1-3-33-31-41-45-34(28-35(42-38(33)45)44-12-5-4-6-13-44)39-29-32-9-10-36(40-30-32)54-27-26-53-25-24-52-23-22-51-21-20-50-19-18-49-17-16-48-15-14-43(2)11-7-8-37(46)47/h7-10,28,30-31,39H,3-6,11-27,29H2,1-2H3,(H,46,47)/b8-7+. The van der Waals surface area contributed by atoms with Crippen LogP contribution in [0.25, 0.3) is 5.65 Å². The molecule has 0 aromatic carbocycles. The van der Waals surface area contributed by atoms with Gasteiger partial charge in [0.2, 0.25) is 5.88 Å². The van der Waals surface area contributed by atoms with Gasteiger partial charge in [0.05, 0.1) is 85.5 Å². The highest BCUT2D eigenvalue weighted by atomic mass is 16.6. The number of likely N-dealkylation sites (N-methyl/N-ethyl adjacent to an activating group) is 1. The zero-order valence-electron chi connectivity index (χ0n) is 32.0. The highest BCUT2D eigenvalue weighted by Gasteiger charge is 2.17. The molecule has 2 N–H and O–H groups in total. The summed E-state index contributed by atoms with van der Waals surface area (Å²) in [7, 11) is 1.91. The van der Waals surface area contributed by atoms with E-state index < -0.39 is 5.97 Å². The first-order valence-electron chi connectivity index (χ1n) is 19.0. The number of carboxylic acids is 1. The fourth-order valence-corrected chi connectivity index (χ4v) is 5.50. The SMILES string of the molecule is CCc1cnn2c(NCc3ccc(OCCOCCOCCOCCOCCOCCOCCN(C)C/C=C/C(=O)O)nc3)cc(N3CCCCC3)nc12. The van der Waals surface area contributed by atoms with Crippen molar-refractivity contribution in [2.45, 2.75) is 39.2 Å². The zero-order chi connectivity index (χ0) is 38.1. The maximum Gasteiger partial charge on any atom is 0.328 e. The molecule has 0 saturated carbocycles. The Hall–Kier alpha value is -3.90. The lowest BCUT2D eigenvalue weighted by Gasteiger charge is -2.28. The number of nitrogens with zero attached hydrogens (tertiary/aromatic N) is 6. The molecule has 4 rings (SSSR count). The van der Waals surface area contributed by atoms with Gasteiger partial charge in [-0.05, 0) is 38.3 Å². The third-order valence-electron chi connectivity index (χ3n) is 8.50. The van der Waals surface area contributed by atoms with Gasteiger partial charge < -0.3 is 53.4 Å². The van der Waals surface area contributed by atoms with Gasteiger partial charge in [0.1, 0.15) is 18.2 Å². The van der Waals surface area contributed by atoms with Crippen LogP contribution in [0, 0.1) is 0 Å². The van der Waals surface area contributed by atoms with Crippen molar-refractivity contribution in [3.63, 3.8) is 0 Å². The molecule has 1 saturated heterocycles. The molecule has 3 aromatic rings. The van der Waals surface area contributed by atoms with Gasteiger partial charge in [0.25, 0.3) is 0 Å². The van der Waals surface area contributed by atoms with Gasteiger partial charge in [-0.2, -0.15) is 9.61 Å². The predicted octanol–water partition coefficient (Wildman–Crippen LogP) is 3.34. The molecule has 1 aliphatic rings. The minimum atomic E-state index is -0.942. The minimum absolute atomic E-state index is 0.397. The average Bonchev–Trinajstić information content (AvgIpc) is 3.61. The molecule has 16 heteroatoms. The Balaban J connectivity index is 0.935. The minimum Gasteiger partial charge on any atom is -0.478 e. The van der Waals surface area contributed by atoms with Gasteiger partial charge in [-0.3, -0.25) is 0 Å². The van der Waals surface area contributed by atoms with Gasteiger partial charge in [0.15, 0.2) is 5.65 Å². The number of carboxylic acid groups (broad SMARTS) is 1. The highest BCUT2D eigenvalue weighted by Crippen LogP contribution is 2.25. The fourth-order valence-electron chi connectivity index (χ4n) is 5.50. The molecule has 1 fully saturated rings. The number of ether oxygens (including phenoxy) is 7. The van der Waals surface area contributed by atoms with Crippen molar-refractivity contribution in [1.29, 1.82) is 0 Å². The van der Waals surface area contributed by atoms with Crippen LogP contribution in [0.2, 0.25) is 0 Å². The summed E-state index contributed by atoms with van der Waals surface area (Å²) in [4.78, 5) is 24.2. The molecule has 0 amide bonds. The van der Waals surface area contributed by atoms with E-state index in [1.807, 2.05) is 41.0 Å². The molecule has 300 valence electrons. The molecule has 0 spiro atoms. The second-order valence-corrected chi connectivity index (χ2v) is 12.7. The maximum absolute atomic E-state index is 10.5. The third-order valence-corrected chi connectivity index (χ3v) is 8.50. The Morgan fingerprint density at radius 3 is 2.04 bits per heavy atom. The number of carbonyl (C=O) groups is 1. The number of aromatic nitrogens is 4. The van der Waals surface area contributed by atoms with Crippen molar-refractivity contribution < 1.29 is 43.1 Å². The van der Waals surface area contributed by atoms with Crippen molar-refractivity contribution in [3.05, 3.63) is 53.9 Å². The topological polar surface area (TPSA) is 164 Å². The number of hydrogen-bond acceptors (Lipinski definition) is 14. The molecule has 16 nitrogen and oxygen atoms in total. The summed E-state index contributed by atoms with van der Waals surface area (Å²) in [5.74, 6) is 1.53. The summed E-state index contributed by atoms with van der Waals surface area (Å²) < 4.78 is 40.8. The first-order chi connectivity index (χ1) is 26.5. The normalized spacial score (nSPS) is 13.4. The van der Waals surface area contributed by atoms with Crippen molar-refractivity contribution >= 4 is 23.3 Å². The Bertz CT molecular complexity index is 1490. The number of aryl methyl sites for hydroxylation is 1. The Kier molecular flexibility index (Phi) is 20.6. The number of fused-ring (bicyclic) bond motifs is 1. The lowest BCUT2D eigenvalue weighted by atomic mass is 10.1. The second kappa shape index (κ2) is 26.0. The number of rotatable bonds is 30. The average molecular weight is 758 g/mol. The Labute approximate surface area is 318 Å². The molecule has 0 bridgehead atoms. The van der Waals surface area contributed by atoms with E-state index in [4.69, 9.17) is 43.2 Å². The third kappa shape index (κ3) is 16.6. The molecule has 4 heterocycles. The lowest BCUT2D eigenvalue weighted by molar-refractivity contribution is -0.131. The van der Waals surface area contributed by atoms with E-state index in [9.17, 15) is 4.79 Å². The van der Waals surface area contributed by atoms with Gasteiger partial charge in [-0.1, -0.05) is 19.1 Å². The van der Waals surface area contributed by atoms with Crippen LogP contribution in [-0.4, -0.2) is 155 Å². The molecule has 0 radical (unpaired) electrons. The van der Waals surface area contributed by atoms with E-state index in [1.54, 1.807) is 6.08 Å². The Morgan fingerprint density at radius 1 is 0.852 bits per heavy atom. The van der Waals surface area contributed by atoms with Crippen LogP contribution in [0.4, 0.5) is 11.6 Å². The quantitative estimate of drug-likeness (QED) is 0.0752. The molecule has 1 aliphatic heterocycles. The van der Waals surface area contributed by atoms with E-state index in [0.717, 1.165) is 54.0 Å². The number of pyridine rings is 1. The number of hydrogen-bond donors (Lipinski definition) is 2. The first kappa shape index (κ1) is 42.8. The number of piperidine rings is 1. The second-order valence-electron chi connectivity index (χ2n) is 12.7.